The average Bonchev–Trinajstić information content (AvgIpc) is 2.77. The van der Waals surface area contributed by atoms with Crippen molar-refractivity contribution in [2.45, 2.75) is 24.9 Å². The molecule has 0 radical (unpaired) electrons. The molecule has 1 aliphatic rings. The van der Waals surface area contributed by atoms with Gasteiger partial charge in [-0.2, -0.15) is 23.4 Å². The predicted molar refractivity (Wildman–Crippen MR) is 111 cm³/mol. The number of hydrogen-bond acceptors (Lipinski definition) is 8. The number of rotatable bonds is 7. The zero-order valence-corrected chi connectivity index (χ0v) is 16.8. The Morgan fingerprint density at radius 2 is 2.06 bits per heavy atom. The van der Waals surface area contributed by atoms with E-state index in [4.69, 9.17) is 15.4 Å². The Bertz CT molecular complexity index is 982. The second-order valence-corrected chi connectivity index (χ2v) is 6.86. The Kier molecular flexibility index (Phi) is 6.91. The molecule has 8 nitrogen and oxygen atoms in total. The van der Waals surface area contributed by atoms with Gasteiger partial charge in [-0.3, -0.25) is 0 Å². The molecule has 0 aliphatic carbocycles. The minimum Gasteiger partial charge on any atom is -0.381 e. The first-order valence-corrected chi connectivity index (χ1v) is 9.64. The van der Waals surface area contributed by atoms with Crippen LogP contribution >= 0.6 is 0 Å². The number of aromatic nitrogens is 2. The molecule has 0 atom stereocenters. The molecule has 0 unspecified atom stereocenters. The van der Waals surface area contributed by atoms with Crippen LogP contribution in [-0.2, 0) is 10.9 Å². The largest absolute Gasteiger partial charge is 0.421 e. The summed E-state index contributed by atoms with van der Waals surface area (Å²) in [5.41, 5.74) is 1.53. The van der Waals surface area contributed by atoms with Crippen molar-refractivity contribution in [1.29, 1.82) is 10.7 Å². The minimum absolute atomic E-state index is 0.0429. The fourth-order valence-corrected chi connectivity index (χ4v) is 3.53. The number of halogens is 3. The van der Waals surface area contributed by atoms with E-state index >= 15 is 0 Å². The molecule has 11 heteroatoms. The third kappa shape index (κ3) is 5.03. The summed E-state index contributed by atoms with van der Waals surface area (Å²) >= 11 is 0. The van der Waals surface area contributed by atoms with Crippen LogP contribution in [0.4, 0.5) is 36.3 Å². The van der Waals surface area contributed by atoms with Gasteiger partial charge < -0.3 is 26.1 Å². The highest BCUT2D eigenvalue weighted by molar-refractivity contribution is 5.95. The standard InChI is InChI=1S/C20H22F3N7O/c1-26-18-15(20(21,22)23)11-28-19(30-18)29-16-3-2-13(12-4-8-31-9-5-12)17(14(16)10-25)27-7-6-24/h2-3,10-12,25,27H,4-5,7-9H2,1H3,(H2,26,28,29,30). The van der Waals surface area contributed by atoms with Crippen molar-refractivity contribution < 1.29 is 17.9 Å². The number of benzene rings is 1. The Balaban J connectivity index is 1.99. The fraction of sp³-hybridized carbons (Fsp3) is 0.400. The van der Waals surface area contributed by atoms with Gasteiger partial charge in [0.25, 0.3) is 0 Å². The molecule has 164 valence electrons. The summed E-state index contributed by atoms with van der Waals surface area (Å²) in [5, 5.41) is 25.3. The Labute approximate surface area is 177 Å². The molecular weight excluding hydrogens is 411 g/mol. The summed E-state index contributed by atoms with van der Waals surface area (Å²) in [6.07, 6.45) is -1.11. The summed E-state index contributed by atoms with van der Waals surface area (Å²) in [6, 6.07) is 5.65. The van der Waals surface area contributed by atoms with E-state index in [-0.39, 0.29) is 24.2 Å². The van der Waals surface area contributed by atoms with E-state index in [9.17, 15) is 13.2 Å². The quantitative estimate of drug-likeness (QED) is 0.383. The molecule has 0 bridgehead atoms. The van der Waals surface area contributed by atoms with Gasteiger partial charge in [-0.1, -0.05) is 6.07 Å². The molecule has 1 aliphatic heterocycles. The predicted octanol–water partition coefficient (Wildman–Crippen LogP) is 4.11. The van der Waals surface area contributed by atoms with Gasteiger partial charge in [0.05, 0.1) is 11.8 Å². The molecular formula is C20H22F3N7O. The van der Waals surface area contributed by atoms with Gasteiger partial charge >= 0.3 is 6.18 Å². The average molecular weight is 433 g/mol. The maximum absolute atomic E-state index is 13.1. The van der Waals surface area contributed by atoms with Crippen LogP contribution in [0.3, 0.4) is 0 Å². The van der Waals surface area contributed by atoms with E-state index in [1.807, 2.05) is 12.1 Å². The molecule has 1 aromatic carbocycles. The van der Waals surface area contributed by atoms with Crippen LogP contribution in [0.25, 0.3) is 0 Å². The Morgan fingerprint density at radius 1 is 1.32 bits per heavy atom. The van der Waals surface area contributed by atoms with E-state index in [0.29, 0.717) is 36.3 Å². The number of nitrogens with one attached hydrogen (secondary N) is 4. The third-order valence-electron chi connectivity index (χ3n) is 5.00. The van der Waals surface area contributed by atoms with Crippen molar-refractivity contribution in [3.05, 3.63) is 35.0 Å². The maximum atomic E-state index is 13.1. The molecule has 4 N–H and O–H groups in total. The highest BCUT2D eigenvalue weighted by atomic mass is 19.4. The number of anilines is 4. The van der Waals surface area contributed by atoms with Gasteiger partial charge in [0, 0.05) is 43.9 Å². The van der Waals surface area contributed by atoms with Gasteiger partial charge in [-0.25, -0.2) is 4.98 Å². The van der Waals surface area contributed by atoms with Crippen LogP contribution in [0, 0.1) is 16.7 Å². The third-order valence-corrected chi connectivity index (χ3v) is 5.00. The molecule has 0 amide bonds. The monoisotopic (exact) mass is 433 g/mol. The Hall–Kier alpha value is -3.39. The number of alkyl halides is 3. The van der Waals surface area contributed by atoms with Crippen LogP contribution < -0.4 is 16.0 Å². The van der Waals surface area contributed by atoms with Crippen LogP contribution in [0.15, 0.2) is 18.3 Å². The van der Waals surface area contributed by atoms with E-state index in [2.05, 4.69) is 25.9 Å². The van der Waals surface area contributed by atoms with Gasteiger partial charge in [0.15, 0.2) is 0 Å². The summed E-state index contributed by atoms with van der Waals surface area (Å²) in [5.74, 6) is -0.200. The lowest BCUT2D eigenvalue weighted by Crippen LogP contribution is -2.17. The number of nitriles is 1. The van der Waals surface area contributed by atoms with Crippen LogP contribution in [-0.4, -0.2) is 43.0 Å². The number of hydrogen-bond donors (Lipinski definition) is 4. The zero-order chi connectivity index (χ0) is 22.4. The second-order valence-electron chi connectivity index (χ2n) is 6.86. The summed E-state index contributed by atoms with van der Waals surface area (Å²) in [4.78, 5) is 7.70. The second kappa shape index (κ2) is 9.61. The van der Waals surface area contributed by atoms with Crippen molar-refractivity contribution >= 4 is 29.4 Å². The molecule has 0 saturated carbocycles. The zero-order valence-electron chi connectivity index (χ0n) is 16.8. The van der Waals surface area contributed by atoms with Crippen LogP contribution in [0.1, 0.15) is 35.4 Å². The van der Waals surface area contributed by atoms with E-state index in [1.165, 1.54) is 7.05 Å². The minimum atomic E-state index is -4.59. The maximum Gasteiger partial charge on any atom is 0.421 e. The van der Waals surface area contributed by atoms with Crippen molar-refractivity contribution in [3.63, 3.8) is 0 Å². The van der Waals surface area contributed by atoms with Crippen LogP contribution in [0.5, 0.6) is 0 Å². The topological polar surface area (TPSA) is 119 Å². The van der Waals surface area contributed by atoms with Crippen molar-refractivity contribution in [1.82, 2.24) is 9.97 Å². The first-order chi connectivity index (χ1) is 14.9. The van der Waals surface area contributed by atoms with Gasteiger partial charge in [-0.15, -0.1) is 0 Å². The lowest BCUT2D eigenvalue weighted by molar-refractivity contribution is -0.137. The highest BCUT2D eigenvalue weighted by Gasteiger charge is 2.35. The molecule has 0 spiro atoms. The Morgan fingerprint density at radius 3 is 2.68 bits per heavy atom. The SMILES string of the molecule is CNc1nc(Nc2ccc(C3CCOCC3)c(NCC#N)c2C=N)ncc1C(F)(F)F. The molecule has 31 heavy (non-hydrogen) atoms. The number of nitrogens with zero attached hydrogens (tertiary/aromatic N) is 3. The normalized spacial score (nSPS) is 14.5. The van der Waals surface area contributed by atoms with E-state index < -0.39 is 11.7 Å². The molecule has 1 fully saturated rings. The molecule has 1 saturated heterocycles. The van der Waals surface area contributed by atoms with Crippen LogP contribution in [0.2, 0.25) is 0 Å². The lowest BCUT2D eigenvalue weighted by Gasteiger charge is -2.26. The van der Waals surface area contributed by atoms with Gasteiger partial charge in [0.1, 0.15) is 17.9 Å². The smallest absolute Gasteiger partial charge is 0.381 e. The van der Waals surface area contributed by atoms with Gasteiger partial charge in [-0.05, 0) is 30.4 Å². The number of ether oxygens (including phenoxy) is 1. The van der Waals surface area contributed by atoms with Crippen molar-refractivity contribution in [2.24, 2.45) is 0 Å². The lowest BCUT2D eigenvalue weighted by atomic mass is 9.88. The highest BCUT2D eigenvalue weighted by Crippen LogP contribution is 2.38. The van der Waals surface area contributed by atoms with E-state index in [1.54, 1.807) is 6.07 Å². The first kappa shape index (κ1) is 22.3. The van der Waals surface area contributed by atoms with Crippen molar-refractivity contribution in [3.8, 4) is 6.07 Å². The summed E-state index contributed by atoms with van der Waals surface area (Å²) in [6.45, 7) is 1.31. The molecule has 2 aromatic rings. The molecule has 3 rings (SSSR count). The van der Waals surface area contributed by atoms with Crippen molar-refractivity contribution in [2.75, 3.05) is 42.8 Å². The molecule has 1 aromatic heterocycles. The van der Waals surface area contributed by atoms with Gasteiger partial charge in [0.2, 0.25) is 5.95 Å². The fourth-order valence-electron chi connectivity index (χ4n) is 3.53. The summed E-state index contributed by atoms with van der Waals surface area (Å²) in [7, 11) is 1.34. The molecule has 2 heterocycles. The summed E-state index contributed by atoms with van der Waals surface area (Å²) < 4.78 is 44.7. The first-order valence-electron chi connectivity index (χ1n) is 9.64. The van der Waals surface area contributed by atoms with E-state index in [0.717, 1.165) is 24.6 Å².